The van der Waals surface area contributed by atoms with E-state index in [1.54, 1.807) is 18.5 Å². The smallest absolute Gasteiger partial charge is 0.246 e. The molecule has 7 atom stereocenters. The van der Waals surface area contributed by atoms with Crippen LogP contribution in [0.3, 0.4) is 0 Å². The molecule has 2 amide bonds. The van der Waals surface area contributed by atoms with Crippen molar-refractivity contribution in [3.8, 4) is 0 Å². The van der Waals surface area contributed by atoms with E-state index in [-0.39, 0.29) is 28.6 Å². The zero-order chi connectivity index (χ0) is 22.7. The molecular formula is C25H35N5O2. The number of hydrogen-bond donors (Lipinski definition) is 2. The lowest BCUT2D eigenvalue weighted by atomic mass is 9.47. The summed E-state index contributed by atoms with van der Waals surface area (Å²) in [4.78, 5) is 35.0. The summed E-state index contributed by atoms with van der Waals surface area (Å²) < 4.78 is 0. The molecule has 3 N–H and O–H groups in total. The number of nitrogens with one attached hydrogen (secondary N) is 1. The van der Waals surface area contributed by atoms with E-state index in [1.807, 2.05) is 11.9 Å². The van der Waals surface area contributed by atoms with Crippen molar-refractivity contribution in [2.75, 3.05) is 18.1 Å². The molecule has 4 unspecified atom stereocenters. The molecule has 172 valence electrons. The van der Waals surface area contributed by atoms with E-state index in [0.717, 1.165) is 19.3 Å². The number of rotatable bonds is 3. The normalized spacial score (nSPS) is 40.4. The van der Waals surface area contributed by atoms with E-state index < -0.39 is 0 Å². The van der Waals surface area contributed by atoms with E-state index in [9.17, 15) is 9.59 Å². The second kappa shape index (κ2) is 7.56. The van der Waals surface area contributed by atoms with Gasteiger partial charge in [-0.15, -0.1) is 0 Å². The molecule has 5 rings (SSSR count). The Morgan fingerprint density at radius 1 is 1.16 bits per heavy atom. The minimum absolute atomic E-state index is 0.0402. The number of nitrogens with two attached hydrogens (primary N) is 1. The highest BCUT2D eigenvalue weighted by Gasteiger charge is 2.60. The predicted molar refractivity (Wildman–Crippen MR) is 123 cm³/mol. The Balaban J connectivity index is 1.31. The van der Waals surface area contributed by atoms with Crippen molar-refractivity contribution in [1.29, 1.82) is 0 Å². The number of nitrogens with zero attached hydrogens (tertiary/aromatic N) is 3. The van der Waals surface area contributed by atoms with Crippen molar-refractivity contribution in [1.82, 2.24) is 14.9 Å². The summed E-state index contributed by atoms with van der Waals surface area (Å²) in [5.74, 6) is 2.75. The molecule has 3 aliphatic carbocycles. The van der Waals surface area contributed by atoms with Crippen LogP contribution in [-0.4, -0.2) is 39.8 Å². The van der Waals surface area contributed by atoms with Gasteiger partial charge in [0.05, 0.1) is 18.1 Å². The van der Waals surface area contributed by atoms with E-state index >= 15 is 0 Å². The molecule has 1 aromatic rings. The van der Waals surface area contributed by atoms with Gasteiger partial charge in [-0.1, -0.05) is 19.9 Å². The van der Waals surface area contributed by atoms with E-state index in [2.05, 4.69) is 35.2 Å². The molecule has 0 spiro atoms. The first-order chi connectivity index (χ1) is 15.2. The van der Waals surface area contributed by atoms with Crippen LogP contribution >= 0.6 is 0 Å². The number of aromatic nitrogens is 2. The second-order valence-corrected chi connectivity index (χ2v) is 11.0. The minimum Gasteiger partial charge on any atom is -0.368 e. The summed E-state index contributed by atoms with van der Waals surface area (Å²) in [7, 11) is 1.97. The Morgan fingerprint density at radius 2 is 1.91 bits per heavy atom. The van der Waals surface area contributed by atoms with Crippen LogP contribution in [0, 0.1) is 34.5 Å². The number of amides is 2. The van der Waals surface area contributed by atoms with Crippen LogP contribution in [0.4, 0.5) is 11.6 Å². The molecule has 0 radical (unpaired) electrons. The summed E-state index contributed by atoms with van der Waals surface area (Å²) in [5, 5.41) is 2.95. The molecule has 1 aliphatic heterocycles. The highest BCUT2D eigenvalue weighted by molar-refractivity contribution is 5.90. The van der Waals surface area contributed by atoms with Crippen molar-refractivity contribution in [3.63, 3.8) is 0 Å². The predicted octanol–water partition coefficient (Wildman–Crippen LogP) is 3.64. The van der Waals surface area contributed by atoms with Crippen LogP contribution in [-0.2, 0) is 9.59 Å². The van der Waals surface area contributed by atoms with Crippen LogP contribution < -0.4 is 11.1 Å². The number of anilines is 2. The molecule has 0 saturated heterocycles. The monoisotopic (exact) mass is 437 g/mol. The molecule has 32 heavy (non-hydrogen) atoms. The maximum atomic E-state index is 12.8. The zero-order valence-electron chi connectivity index (χ0n) is 19.4. The van der Waals surface area contributed by atoms with Crippen molar-refractivity contribution >= 4 is 23.5 Å². The fourth-order valence-corrected chi connectivity index (χ4v) is 8.02. The number of fused-ring (bicyclic) bond motifs is 5. The maximum absolute atomic E-state index is 12.8. The molecule has 0 bridgehead atoms. The molecule has 0 aromatic carbocycles. The van der Waals surface area contributed by atoms with Gasteiger partial charge in [-0.25, -0.2) is 9.97 Å². The van der Waals surface area contributed by atoms with Gasteiger partial charge in [0.2, 0.25) is 17.8 Å². The van der Waals surface area contributed by atoms with E-state index in [0.29, 0.717) is 41.8 Å². The lowest BCUT2D eigenvalue weighted by molar-refractivity contribution is -0.139. The Hall–Kier alpha value is -2.44. The Morgan fingerprint density at radius 3 is 2.66 bits per heavy atom. The maximum Gasteiger partial charge on any atom is 0.246 e. The van der Waals surface area contributed by atoms with Crippen molar-refractivity contribution < 1.29 is 9.59 Å². The van der Waals surface area contributed by atoms with E-state index in [4.69, 9.17) is 5.73 Å². The molecule has 2 heterocycles. The second-order valence-electron chi connectivity index (χ2n) is 11.0. The Bertz CT molecular complexity index is 946. The molecule has 3 fully saturated rings. The lowest BCUT2D eigenvalue weighted by Gasteiger charge is -2.60. The fourth-order valence-electron chi connectivity index (χ4n) is 8.02. The van der Waals surface area contributed by atoms with Gasteiger partial charge in [-0.2, -0.15) is 0 Å². The lowest BCUT2D eigenvalue weighted by Crippen LogP contribution is -2.59. The van der Waals surface area contributed by atoms with Crippen molar-refractivity contribution in [3.05, 3.63) is 24.5 Å². The highest BCUT2D eigenvalue weighted by atomic mass is 16.2. The standard InChI is InChI=1S/C25H35N5O2/c1-24-10-8-19-17(5-7-20-25(19,2)11-9-22(32)30(20)3)18(24)6-4-15(24)12-21(31)29-16-13-27-23(26)28-14-16/h9,11,13-15,17-20H,4-8,10,12H2,1-3H3,(H,29,31)(H2,26,27,28)/t15-,17?,18?,19?,20?,24-,25-/m1/s1. The van der Waals surface area contributed by atoms with Gasteiger partial charge in [0.1, 0.15) is 0 Å². The number of carbonyl (C=O) groups is 2. The van der Waals surface area contributed by atoms with Gasteiger partial charge in [0.15, 0.2) is 0 Å². The average Bonchev–Trinajstić information content (AvgIpc) is 3.09. The minimum atomic E-state index is 0.0402. The average molecular weight is 438 g/mol. The summed E-state index contributed by atoms with van der Waals surface area (Å²) in [5.41, 5.74) is 6.41. The van der Waals surface area contributed by atoms with E-state index in [1.165, 1.54) is 19.3 Å². The first-order valence-corrected chi connectivity index (χ1v) is 12.1. The van der Waals surface area contributed by atoms with Crippen LogP contribution in [0.2, 0.25) is 0 Å². The van der Waals surface area contributed by atoms with Crippen LogP contribution in [0.5, 0.6) is 0 Å². The van der Waals surface area contributed by atoms with Crippen LogP contribution in [0.25, 0.3) is 0 Å². The highest BCUT2D eigenvalue weighted by Crippen LogP contribution is 2.65. The number of nitrogen functional groups attached to an aromatic ring is 1. The largest absolute Gasteiger partial charge is 0.368 e. The van der Waals surface area contributed by atoms with Gasteiger partial charge in [0.25, 0.3) is 0 Å². The number of hydrogen-bond acceptors (Lipinski definition) is 5. The third-order valence-corrected chi connectivity index (χ3v) is 9.71. The zero-order valence-corrected chi connectivity index (χ0v) is 19.4. The molecule has 4 aliphatic rings. The van der Waals surface area contributed by atoms with Gasteiger partial charge in [-0.05, 0) is 73.7 Å². The van der Waals surface area contributed by atoms with Crippen molar-refractivity contribution in [2.24, 2.45) is 34.5 Å². The summed E-state index contributed by atoms with van der Waals surface area (Å²) in [6.45, 7) is 4.82. The Kier molecular flexibility index (Phi) is 5.06. The fraction of sp³-hybridized carbons (Fsp3) is 0.680. The third-order valence-electron chi connectivity index (χ3n) is 9.71. The third kappa shape index (κ3) is 3.23. The van der Waals surface area contributed by atoms with Gasteiger partial charge < -0.3 is 16.0 Å². The SMILES string of the molecule is CN1C(=O)C=C[C@]2(C)C3CC[C@@]4(C)C(CC[C@@H]4CC(=O)Nc4cnc(N)nc4)C3CCC12. The molecule has 7 nitrogen and oxygen atoms in total. The van der Waals surface area contributed by atoms with Gasteiger partial charge in [0, 0.05) is 24.9 Å². The first-order valence-electron chi connectivity index (χ1n) is 12.1. The Labute approximate surface area is 190 Å². The quantitative estimate of drug-likeness (QED) is 0.752. The molecule has 7 heteroatoms. The van der Waals surface area contributed by atoms with Crippen LogP contribution in [0.15, 0.2) is 24.5 Å². The number of carbonyl (C=O) groups excluding carboxylic acids is 2. The summed E-state index contributed by atoms with van der Waals surface area (Å²) >= 11 is 0. The van der Waals surface area contributed by atoms with Gasteiger partial charge in [-0.3, -0.25) is 9.59 Å². The van der Waals surface area contributed by atoms with Crippen molar-refractivity contribution in [2.45, 2.75) is 64.8 Å². The van der Waals surface area contributed by atoms with Crippen LogP contribution in [0.1, 0.15) is 58.8 Å². The van der Waals surface area contributed by atoms with Gasteiger partial charge >= 0.3 is 0 Å². The molecule has 1 aromatic heterocycles. The summed E-state index contributed by atoms with van der Waals surface area (Å²) in [6.07, 6.45) is 14.6. The first kappa shape index (κ1) is 21.4. The topological polar surface area (TPSA) is 101 Å². The number of likely N-dealkylation sites (N-methyl/N-ethyl adjacent to an activating group) is 1. The summed E-state index contributed by atoms with van der Waals surface area (Å²) in [6, 6.07) is 0.315. The molecular weight excluding hydrogens is 402 g/mol. The molecule has 3 saturated carbocycles.